The molecule has 2 N–H and O–H groups in total. The molecule has 0 heterocycles. The average molecular weight is 303 g/mol. The highest BCUT2D eigenvalue weighted by Crippen LogP contribution is 2.29. The van der Waals surface area contributed by atoms with Gasteiger partial charge in [-0.15, -0.1) is 0 Å². The molecule has 0 fully saturated rings. The van der Waals surface area contributed by atoms with Gasteiger partial charge in [0.15, 0.2) is 0 Å². The van der Waals surface area contributed by atoms with E-state index in [2.05, 4.69) is 5.32 Å². The van der Waals surface area contributed by atoms with Gasteiger partial charge in [-0.1, -0.05) is 19.1 Å². The van der Waals surface area contributed by atoms with Crippen molar-refractivity contribution in [3.8, 4) is 0 Å². The highest BCUT2D eigenvalue weighted by atomic mass is 19.4. The third-order valence-corrected chi connectivity index (χ3v) is 3.00. The van der Waals surface area contributed by atoms with Gasteiger partial charge in [-0.25, -0.2) is 0 Å². The number of carbonyl (C=O) groups excluding carboxylic acids is 1. The van der Waals surface area contributed by atoms with Gasteiger partial charge < -0.3 is 10.4 Å². The number of hydrogen-bond donors (Lipinski definition) is 2. The molecule has 1 rings (SSSR count). The minimum absolute atomic E-state index is 0.232. The number of aliphatic carboxylic acids is 1. The highest BCUT2D eigenvalue weighted by Gasteiger charge is 2.30. The van der Waals surface area contributed by atoms with Crippen LogP contribution in [0, 0.1) is 5.92 Å². The van der Waals surface area contributed by atoms with Gasteiger partial charge in [0.1, 0.15) is 6.04 Å². The highest BCUT2D eigenvalue weighted by molar-refractivity contribution is 5.84. The largest absolute Gasteiger partial charge is 0.480 e. The molecule has 1 amide bonds. The minimum Gasteiger partial charge on any atom is -0.480 e. The number of benzene rings is 1. The van der Waals surface area contributed by atoms with Crippen molar-refractivity contribution in [2.75, 3.05) is 0 Å². The van der Waals surface area contributed by atoms with Crippen LogP contribution >= 0.6 is 0 Å². The van der Waals surface area contributed by atoms with Gasteiger partial charge in [0.05, 0.1) is 5.56 Å². The first-order chi connectivity index (χ1) is 9.61. The summed E-state index contributed by atoms with van der Waals surface area (Å²) in [5.74, 6) is -2.14. The molecule has 2 atom stereocenters. The molecule has 7 heteroatoms. The van der Waals surface area contributed by atoms with E-state index in [0.29, 0.717) is 5.56 Å². The molecule has 0 aliphatic heterocycles. The van der Waals surface area contributed by atoms with Gasteiger partial charge >= 0.3 is 12.1 Å². The molecular weight excluding hydrogens is 287 g/mol. The molecule has 1 unspecified atom stereocenters. The van der Waals surface area contributed by atoms with Crippen molar-refractivity contribution >= 4 is 11.9 Å². The lowest BCUT2D eigenvalue weighted by Crippen LogP contribution is -2.41. The molecule has 1 aromatic rings. The zero-order chi connectivity index (χ0) is 16.2. The summed E-state index contributed by atoms with van der Waals surface area (Å²) in [4.78, 5) is 22.4. The zero-order valence-electron chi connectivity index (χ0n) is 11.6. The number of alkyl halides is 3. The molecule has 4 nitrogen and oxygen atoms in total. The van der Waals surface area contributed by atoms with Crippen molar-refractivity contribution in [2.45, 2.75) is 32.5 Å². The lowest BCUT2D eigenvalue weighted by atomic mass is 9.99. The number of halogens is 3. The van der Waals surface area contributed by atoms with Crippen LogP contribution in [0.3, 0.4) is 0 Å². The number of carboxylic acids is 1. The number of amides is 1. The van der Waals surface area contributed by atoms with Crippen LogP contribution in [0.15, 0.2) is 24.3 Å². The fourth-order valence-electron chi connectivity index (χ4n) is 1.69. The standard InChI is InChI=1S/C14H16F3NO3/c1-8(12(19)18-9(2)13(20)21)7-10-3-5-11(6-4-10)14(15,16)17/h3-6,8-9H,7H2,1-2H3,(H,18,19)(H,20,21)/t8?,9-/m1/s1. The van der Waals surface area contributed by atoms with Crippen molar-refractivity contribution < 1.29 is 27.9 Å². The van der Waals surface area contributed by atoms with Crippen LogP contribution in [-0.2, 0) is 22.2 Å². The van der Waals surface area contributed by atoms with Crippen LogP contribution in [0.4, 0.5) is 13.2 Å². The van der Waals surface area contributed by atoms with E-state index < -0.39 is 35.6 Å². The van der Waals surface area contributed by atoms with E-state index in [9.17, 15) is 22.8 Å². The quantitative estimate of drug-likeness (QED) is 0.878. The Morgan fingerprint density at radius 3 is 2.14 bits per heavy atom. The van der Waals surface area contributed by atoms with E-state index in [-0.39, 0.29) is 6.42 Å². The number of hydrogen-bond acceptors (Lipinski definition) is 2. The summed E-state index contributed by atoms with van der Waals surface area (Å²) in [5.41, 5.74) is -0.170. The second kappa shape index (κ2) is 6.60. The lowest BCUT2D eigenvalue weighted by Gasteiger charge is -2.15. The Morgan fingerprint density at radius 1 is 1.19 bits per heavy atom. The third-order valence-electron chi connectivity index (χ3n) is 3.00. The Labute approximate surface area is 120 Å². The second-order valence-corrected chi connectivity index (χ2v) is 4.87. The Hall–Kier alpha value is -2.05. The molecule has 0 bridgehead atoms. The third kappa shape index (κ3) is 5.09. The van der Waals surface area contributed by atoms with Crippen molar-refractivity contribution in [2.24, 2.45) is 5.92 Å². The Morgan fingerprint density at radius 2 is 1.71 bits per heavy atom. The predicted molar refractivity (Wildman–Crippen MR) is 69.6 cm³/mol. The smallest absolute Gasteiger partial charge is 0.416 e. The summed E-state index contributed by atoms with van der Waals surface area (Å²) < 4.78 is 37.2. The first-order valence-electron chi connectivity index (χ1n) is 6.30. The van der Waals surface area contributed by atoms with E-state index >= 15 is 0 Å². The molecule has 0 saturated carbocycles. The zero-order valence-corrected chi connectivity index (χ0v) is 11.6. The van der Waals surface area contributed by atoms with Crippen LogP contribution in [0.25, 0.3) is 0 Å². The van der Waals surface area contributed by atoms with E-state index in [1.165, 1.54) is 19.1 Å². The van der Waals surface area contributed by atoms with E-state index in [4.69, 9.17) is 5.11 Å². The second-order valence-electron chi connectivity index (χ2n) is 4.87. The molecule has 0 aliphatic carbocycles. The van der Waals surface area contributed by atoms with E-state index in [1.807, 2.05) is 0 Å². The number of carbonyl (C=O) groups is 2. The maximum atomic E-state index is 12.4. The molecule has 0 saturated heterocycles. The number of nitrogens with one attached hydrogen (secondary N) is 1. The van der Waals surface area contributed by atoms with Crippen LogP contribution in [0.5, 0.6) is 0 Å². The SMILES string of the molecule is CC(Cc1ccc(C(F)(F)F)cc1)C(=O)N[C@H](C)C(=O)O. The van der Waals surface area contributed by atoms with Crippen LogP contribution in [0.2, 0.25) is 0 Å². The molecular formula is C14H16F3NO3. The predicted octanol–water partition coefficient (Wildman–Crippen LogP) is 2.47. The van der Waals surface area contributed by atoms with Crippen molar-refractivity contribution in [3.63, 3.8) is 0 Å². The summed E-state index contributed by atoms with van der Waals surface area (Å²) in [5, 5.41) is 11.0. The van der Waals surface area contributed by atoms with Gasteiger partial charge in [-0.05, 0) is 31.0 Å². The summed E-state index contributed by atoms with van der Waals surface area (Å²) in [6.45, 7) is 2.92. The lowest BCUT2D eigenvalue weighted by molar-refractivity contribution is -0.141. The van der Waals surface area contributed by atoms with Crippen LogP contribution in [-0.4, -0.2) is 23.0 Å². The molecule has 21 heavy (non-hydrogen) atoms. The van der Waals surface area contributed by atoms with E-state index in [0.717, 1.165) is 12.1 Å². The number of rotatable bonds is 5. The average Bonchev–Trinajstić information content (AvgIpc) is 2.37. The molecule has 0 aromatic heterocycles. The molecule has 0 radical (unpaired) electrons. The van der Waals surface area contributed by atoms with Gasteiger partial charge in [0, 0.05) is 5.92 Å². The maximum absolute atomic E-state index is 12.4. The fourth-order valence-corrected chi connectivity index (χ4v) is 1.69. The summed E-state index contributed by atoms with van der Waals surface area (Å²) >= 11 is 0. The van der Waals surface area contributed by atoms with Gasteiger partial charge in [0.2, 0.25) is 5.91 Å². The van der Waals surface area contributed by atoms with Crippen molar-refractivity contribution in [1.29, 1.82) is 0 Å². The van der Waals surface area contributed by atoms with E-state index in [1.54, 1.807) is 6.92 Å². The Kier molecular flexibility index (Phi) is 5.34. The topological polar surface area (TPSA) is 66.4 Å². The Balaban J connectivity index is 2.64. The summed E-state index contributed by atoms with van der Waals surface area (Å²) in [6, 6.07) is 3.53. The summed E-state index contributed by atoms with van der Waals surface area (Å²) in [6.07, 6.45) is -4.16. The minimum atomic E-state index is -4.39. The first kappa shape index (κ1) is 17.0. The van der Waals surface area contributed by atoms with Gasteiger partial charge in [0.25, 0.3) is 0 Å². The van der Waals surface area contributed by atoms with Gasteiger partial charge in [-0.3, -0.25) is 9.59 Å². The normalized spacial score (nSPS) is 14.3. The van der Waals surface area contributed by atoms with Crippen LogP contribution in [0.1, 0.15) is 25.0 Å². The molecule has 0 aliphatic rings. The molecule has 1 aromatic carbocycles. The monoisotopic (exact) mass is 303 g/mol. The molecule has 116 valence electrons. The fraction of sp³-hybridized carbons (Fsp3) is 0.429. The number of carboxylic acid groups (broad SMARTS) is 1. The summed E-state index contributed by atoms with van der Waals surface area (Å²) in [7, 11) is 0. The first-order valence-corrected chi connectivity index (χ1v) is 6.30. The van der Waals surface area contributed by atoms with Crippen molar-refractivity contribution in [1.82, 2.24) is 5.32 Å². The molecule has 0 spiro atoms. The van der Waals surface area contributed by atoms with Gasteiger partial charge in [-0.2, -0.15) is 13.2 Å². The Bertz CT molecular complexity index is 511. The maximum Gasteiger partial charge on any atom is 0.416 e. The van der Waals surface area contributed by atoms with Crippen LogP contribution < -0.4 is 5.32 Å². The van der Waals surface area contributed by atoms with Crippen molar-refractivity contribution in [3.05, 3.63) is 35.4 Å².